The van der Waals surface area contributed by atoms with Crippen LogP contribution >= 0.6 is 11.9 Å². The van der Waals surface area contributed by atoms with Gasteiger partial charge in [-0.3, -0.25) is 9.52 Å². The summed E-state index contributed by atoms with van der Waals surface area (Å²) < 4.78 is 15.6. The standard InChI is InChI=1S/C39H51N5O4S/c1-25-12-9-13-26(2)33(25)31-19-32-41-35(40-31)42-49-30-15-10-14-27(18-30)34(45)44(29(23-47-32)20-37(3,4)5)28-21-39(22-28)16-11-17-43(24-39)36(46)48-38(6,7)8/h9-10,12-15,18-19,28-29H,11,16-17,20-24H2,1-8H3,(H,40,41,42)/t28?,29-,39?/m1/s1. The Morgan fingerprint density at radius 3 is 2.45 bits per heavy atom. The van der Waals surface area contributed by atoms with Gasteiger partial charge in [0.05, 0.1) is 11.7 Å². The molecule has 1 N–H and O–H groups in total. The first-order valence-electron chi connectivity index (χ1n) is 17.5. The van der Waals surface area contributed by atoms with Crippen molar-refractivity contribution in [1.82, 2.24) is 19.8 Å². The van der Waals surface area contributed by atoms with E-state index in [4.69, 9.17) is 19.4 Å². The van der Waals surface area contributed by atoms with Crippen LogP contribution in [0.5, 0.6) is 5.88 Å². The Morgan fingerprint density at radius 2 is 1.76 bits per heavy atom. The predicted octanol–water partition coefficient (Wildman–Crippen LogP) is 8.70. The fourth-order valence-electron chi connectivity index (χ4n) is 7.75. The highest BCUT2D eigenvalue weighted by Crippen LogP contribution is 2.51. The van der Waals surface area contributed by atoms with E-state index in [1.54, 1.807) is 0 Å². The number of likely N-dealkylation sites (tertiary alicyclic amines) is 1. The van der Waals surface area contributed by atoms with Crippen molar-refractivity contribution in [2.24, 2.45) is 10.8 Å². The third kappa shape index (κ3) is 8.17. The number of rotatable bonds is 3. The summed E-state index contributed by atoms with van der Waals surface area (Å²) in [4.78, 5) is 42.3. The van der Waals surface area contributed by atoms with Crippen LogP contribution in [0.25, 0.3) is 11.3 Å². The molecule has 1 aromatic heterocycles. The summed E-state index contributed by atoms with van der Waals surface area (Å²) in [5.41, 5.74) is 4.11. The quantitative estimate of drug-likeness (QED) is 0.274. The number of anilines is 1. The van der Waals surface area contributed by atoms with E-state index >= 15 is 0 Å². The fraction of sp³-hybridized carbons (Fsp3) is 0.538. The van der Waals surface area contributed by atoms with E-state index in [0.717, 1.165) is 59.4 Å². The van der Waals surface area contributed by atoms with Crippen LogP contribution in [0.2, 0.25) is 0 Å². The monoisotopic (exact) mass is 685 g/mol. The lowest BCUT2D eigenvalue weighted by Crippen LogP contribution is -2.62. The molecule has 262 valence electrons. The first-order chi connectivity index (χ1) is 23.1. The second-order valence-electron chi connectivity index (χ2n) is 16.4. The highest BCUT2D eigenvalue weighted by atomic mass is 32.2. The molecule has 1 saturated carbocycles. The van der Waals surface area contributed by atoms with Crippen molar-refractivity contribution in [3.05, 3.63) is 65.2 Å². The summed E-state index contributed by atoms with van der Waals surface area (Å²) in [6.45, 7) is 18.2. The van der Waals surface area contributed by atoms with Crippen molar-refractivity contribution in [2.45, 2.75) is 110 Å². The van der Waals surface area contributed by atoms with E-state index in [0.29, 0.717) is 37.1 Å². The summed E-state index contributed by atoms with van der Waals surface area (Å²) in [6, 6.07) is 15.8. The molecule has 2 aliphatic heterocycles. The van der Waals surface area contributed by atoms with Crippen LogP contribution in [0.3, 0.4) is 0 Å². The molecule has 2 fully saturated rings. The number of aromatic nitrogens is 2. The van der Waals surface area contributed by atoms with Crippen molar-refractivity contribution < 1.29 is 19.1 Å². The number of ether oxygens (including phenoxy) is 2. The van der Waals surface area contributed by atoms with Crippen LogP contribution in [-0.4, -0.2) is 69.1 Å². The number of hydrogen-bond donors (Lipinski definition) is 1. The summed E-state index contributed by atoms with van der Waals surface area (Å²) >= 11 is 1.38. The molecule has 6 rings (SSSR count). The summed E-state index contributed by atoms with van der Waals surface area (Å²) in [6.07, 6.45) is 4.14. The van der Waals surface area contributed by atoms with E-state index in [1.807, 2.05) is 56.0 Å². The maximum atomic E-state index is 14.7. The molecule has 0 radical (unpaired) electrons. The second-order valence-corrected chi connectivity index (χ2v) is 17.3. The zero-order chi connectivity index (χ0) is 35.1. The van der Waals surface area contributed by atoms with Gasteiger partial charge in [-0.05, 0) is 119 Å². The minimum atomic E-state index is -0.541. The maximum Gasteiger partial charge on any atom is 0.410 e. The normalized spacial score (nSPS) is 23.0. The van der Waals surface area contributed by atoms with Gasteiger partial charge in [-0.2, -0.15) is 4.98 Å². The number of fused-ring (bicyclic) bond motifs is 4. The van der Waals surface area contributed by atoms with Crippen LogP contribution < -0.4 is 9.46 Å². The lowest BCUT2D eigenvalue weighted by molar-refractivity contribution is -0.0644. The molecule has 10 heteroatoms. The molecule has 1 spiro atoms. The smallest absolute Gasteiger partial charge is 0.410 e. The third-order valence-corrected chi connectivity index (χ3v) is 10.5. The van der Waals surface area contributed by atoms with Gasteiger partial charge in [0.1, 0.15) is 12.2 Å². The molecular weight excluding hydrogens is 635 g/mol. The number of nitrogens with zero attached hydrogens (tertiary/aromatic N) is 4. The van der Waals surface area contributed by atoms with Crippen LogP contribution in [0, 0.1) is 24.7 Å². The number of carbonyl (C=O) groups excluding carboxylic acids is 2. The van der Waals surface area contributed by atoms with E-state index < -0.39 is 5.60 Å². The summed E-state index contributed by atoms with van der Waals surface area (Å²) in [5, 5.41) is 0. The average molecular weight is 686 g/mol. The van der Waals surface area contributed by atoms with Crippen molar-refractivity contribution >= 4 is 29.9 Å². The maximum absolute atomic E-state index is 14.7. The second kappa shape index (κ2) is 13.5. The molecule has 9 nitrogen and oxygen atoms in total. The largest absolute Gasteiger partial charge is 0.475 e. The number of aryl methyl sites for hydroxylation is 2. The number of amides is 2. The zero-order valence-electron chi connectivity index (χ0n) is 30.3. The Kier molecular flexibility index (Phi) is 9.65. The molecule has 2 amide bonds. The van der Waals surface area contributed by atoms with Gasteiger partial charge < -0.3 is 19.3 Å². The number of benzene rings is 2. The first-order valence-corrected chi connectivity index (χ1v) is 18.3. The van der Waals surface area contributed by atoms with Crippen molar-refractivity contribution in [3.8, 4) is 17.1 Å². The number of hydrogen-bond acceptors (Lipinski definition) is 8. The van der Waals surface area contributed by atoms with Crippen molar-refractivity contribution in [2.75, 3.05) is 24.4 Å². The summed E-state index contributed by atoms with van der Waals surface area (Å²) in [7, 11) is 0. The fourth-order valence-corrected chi connectivity index (χ4v) is 8.39. The van der Waals surface area contributed by atoms with Gasteiger partial charge in [-0.15, -0.1) is 0 Å². The molecule has 3 aliphatic rings. The van der Waals surface area contributed by atoms with Crippen molar-refractivity contribution in [1.29, 1.82) is 0 Å². The van der Waals surface area contributed by atoms with Gasteiger partial charge in [-0.1, -0.05) is 45.0 Å². The molecular formula is C39H51N5O4S. The van der Waals surface area contributed by atoms with Gasteiger partial charge in [-0.25, -0.2) is 9.78 Å². The molecule has 4 bridgehead atoms. The van der Waals surface area contributed by atoms with Crippen LogP contribution in [0.4, 0.5) is 10.7 Å². The Labute approximate surface area is 295 Å². The molecule has 3 aromatic rings. The lowest BCUT2D eigenvalue weighted by atomic mass is 9.60. The van der Waals surface area contributed by atoms with E-state index in [2.05, 4.69) is 62.4 Å². The van der Waals surface area contributed by atoms with Gasteiger partial charge in [0.25, 0.3) is 5.91 Å². The Balaban J connectivity index is 1.34. The zero-order valence-corrected chi connectivity index (χ0v) is 31.1. The molecule has 2 aromatic carbocycles. The van der Waals surface area contributed by atoms with E-state index in [1.165, 1.54) is 11.9 Å². The predicted molar refractivity (Wildman–Crippen MR) is 195 cm³/mol. The third-order valence-electron chi connectivity index (χ3n) is 9.72. The molecule has 1 aliphatic carbocycles. The van der Waals surface area contributed by atoms with Gasteiger partial charge in [0.15, 0.2) is 0 Å². The lowest BCUT2D eigenvalue weighted by Gasteiger charge is -2.57. The minimum Gasteiger partial charge on any atom is -0.475 e. The SMILES string of the molecule is Cc1cccc(C)c1-c1cc2nc(n1)NSc1cccc(c1)C(=O)N(C1CC3(CCCN(C(=O)OC(C)(C)C)C3)C1)[C@H](CC(C)(C)C)CO2. The number of carbonyl (C=O) groups is 2. The topological polar surface area (TPSA) is 96.9 Å². The molecule has 1 saturated heterocycles. The Bertz CT molecular complexity index is 1690. The van der Waals surface area contributed by atoms with E-state index in [-0.39, 0.29) is 34.9 Å². The average Bonchev–Trinajstić information content (AvgIpc) is 3.00. The molecule has 0 unspecified atom stereocenters. The highest BCUT2D eigenvalue weighted by molar-refractivity contribution is 8.00. The van der Waals surface area contributed by atoms with Gasteiger partial charge >= 0.3 is 6.09 Å². The number of piperidine rings is 1. The Morgan fingerprint density at radius 1 is 1.04 bits per heavy atom. The summed E-state index contributed by atoms with van der Waals surface area (Å²) in [5.74, 6) is 0.930. The molecule has 3 heterocycles. The van der Waals surface area contributed by atoms with Gasteiger partial charge in [0, 0.05) is 41.2 Å². The van der Waals surface area contributed by atoms with E-state index in [9.17, 15) is 9.59 Å². The van der Waals surface area contributed by atoms with Gasteiger partial charge in [0.2, 0.25) is 11.8 Å². The molecule has 49 heavy (non-hydrogen) atoms. The van der Waals surface area contributed by atoms with Crippen LogP contribution in [-0.2, 0) is 4.74 Å². The van der Waals surface area contributed by atoms with Crippen LogP contribution in [0.1, 0.15) is 95.1 Å². The number of nitrogens with one attached hydrogen (secondary N) is 1. The minimum absolute atomic E-state index is 0.00761. The Hall–Kier alpha value is -3.79. The van der Waals surface area contributed by atoms with Crippen LogP contribution in [0.15, 0.2) is 53.4 Å². The first kappa shape index (κ1) is 35.1. The van der Waals surface area contributed by atoms with Crippen molar-refractivity contribution in [3.63, 3.8) is 0 Å². The molecule has 1 atom stereocenters. The highest BCUT2D eigenvalue weighted by Gasteiger charge is 2.52.